The molecule has 1 aliphatic heterocycles. The lowest BCUT2D eigenvalue weighted by Crippen LogP contribution is -2.33. The number of hydrogen-bond acceptors (Lipinski definition) is 3. The van der Waals surface area contributed by atoms with Crippen LogP contribution in [0.5, 0.6) is 0 Å². The standard InChI is InChI=1S/C14H20N2O2S/c1-3-19(18)8-7-16-13(17)10-15-14(16)12-6-4-5-11(2)9-12/h4-6,9,14-15H,3,7-8,10H2,1-2H3. The Kier molecular flexibility index (Phi) is 4.71. The first-order chi connectivity index (χ1) is 9.11. The second-order valence-electron chi connectivity index (χ2n) is 4.72. The van der Waals surface area contributed by atoms with E-state index in [9.17, 15) is 9.00 Å². The number of carbonyl (C=O) groups excluding carboxylic acids is 1. The first-order valence-electron chi connectivity index (χ1n) is 6.56. The van der Waals surface area contributed by atoms with Gasteiger partial charge in [0.15, 0.2) is 0 Å². The number of nitrogens with zero attached hydrogens (tertiary/aromatic N) is 1. The second kappa shape index (κ2) is 6.30. The molecule has 19 heavy (non-hydrogen) atoms. The zero-order valence-electron chi connectivity index (χ0n) is 11.4. The van der Waals surface area contributed by atoms with E-state index in [-0.39, 0.29) is 12.1 Å². The summed E-state index contributed by atoms with van der Waals surface area (Å²) in [4.78, 5) is 13.7. The summed E-state index contributed by atoms with van der Waals surface area (Å²) in [5.41, 5.74) is 2.27. The molecule has 104 valence electrons. The third-order valence-corrected chi connectivity index (χ3v) is 4.60. The summed E-state index contributed by atoms with van der Waals surface area (Å²) in [5, 5.41) is 3.22. The molecule has 0 spiro atoms. The fourth-order valence-electron chi connectivity index (χ4n) is 2.28. The van der Waals surface area contributed by atoms with Gasteiger partial charge in [0, 0.05) is 28.9 Å². The summed E-state index contributed by atoms with van der Waals surface area (Å²) < 4.78 is 11.5. The molecule has 1 N–H and O–H groups in total. The van der Waals surface area contributed by atoms with Crippen molar-refractivity contribution in [3.8, 4) is 0 Å². The Labute approximate surface area is 116 Å². The monoisotopic (exact) mass is 280 g/mol. The van der Waals surface area contributed by atoms with Crippen LogP contribution in [0.25, 0.3) is 0 Å². The van der Waals surface area contributed by atoms with Crippen LogP contribution in [0.3, 0.4) is 0 Å². The minimum atomic E-state index is -0.835. The lowest BCUT2D eigenvalue weighted by Gasteiger charge is -2.24. The van der Waals surface area contributed by atoms with Crippen molar-refractivity contribution in [2.75, 3.05) is 24.6 Å². The van der Waals surface area contributed by atoms with Gasteiger partial charge in [0.2, 0.25) is 5.91 Å². The van der Waals surface area contributed by atoms with Crippen LogP contribution < -0.4 is 5.32 Å². The molecule has 2 atom stereocenters. The van der Waals surface area contributed by atoms with E-state index in [2.05, 4.69) is 11.4 Å². The van der Waals surface area contributed by atoms with Gasteiger partial charge in [-0.25, -0.2) is 0 Å². The Morgan fingerprint density at radius 2 is 2.26 bits per heavy atom. The van der Waals surface area contributed by atoms with Crippen molar-refractivity contribution < 1.29 is 9.00 Å². The van der Waals surface area contributed by atoms with Gasteiger partial charge in [0.25, 0.3) is 0 Å². The van der Waals surface area contributed by atoms with E-state index in [0.717, 1.165) is 5.56 Å². The maximum Gasteiger partial charge on any atom is 0.238 e. The minimum absolute atomic E-state index is 0.0822. The summed E-state index contributed by atoms with van der Waals surface area (Å²) in [6.07, 6.45) is -0.0822. The molecule has 0 radical (unpaired) electrons. The average molecular weight is 280 g/mol. The lowest BCUT2D eigenvalue weighted by atomic mass is 10.1. The van der Waals surface area contributed by atoms with Crippen LogP contribution in [0.2, 0.25) is 0 Å². The number of hydrogen-bond donors (Lipinski definition) is 1. The molecule has 5 heteroatoms. The number of aryl methyl sites for hydroxylation is 1. The van der Waals surface area contributed by atoms with Gasteiger partial charge < -0.3 is 4.90 Å². The van der Waals surface area contributed by atoms with E-state index in [1.807, 2.05) is 32.0 Å². The third-order valence-electron chi connectivity index (χ3n) is 3.32. The van der Waals surface area contributed by atoms with Crippen LogP contribution in [0.15, 0.2) is 24.3 Å². The SMILES string of the molecule is CCS(=O)CCN1C(=O)CNC1c1cccc(C)c1. The van der Waals surface area contributed by atoms with E-state index < -0.39 is 10.8 Å². The van der Waals surface area contributed by atoms with E-state index in [1.54, 1.807) is 4.90 Å². The van der Waals surface area contributed by atoms with Crippen molar-refractivity contribution in [3.05, 3.63) is 35.4 Å². The molecular formula is C14H20N2O2S. The smallest absolute Gasteiger partial charge is 0.238 e. The predicted molar refractivity (Wildman–Crippen MR) is 77.2 cm³/mol. The maximum absolute atomic E-state index is 11.9. The molecular weight excluding hydrogens is 260 g/mol. The molecule has 2 unspecified atom stereocenters. The minimum Gasteiger partial charge on any atom is -0.321 e. The molecule has 1 fully saturated rings. The molecule has 1 amide bonds. The van der Waals surface area contributed by atoms with Crippen molar-refractivity contribution in [3.63, 3.8) is 0 Å². The van der Waals surface area contributed by atoms with Gasteiger partial charge in [-0.1, -0.05) is 36.8 Å². The molecule has 0 aliphatic carbocycles. The third kappa shape index (κ3) is 3.42. The first kappa shape index (κ1) is 14.2. The van der Waals surface area contributed by atoms with Crippen molar-refractivity contribution in [1.82, 2.24) is 10.2 Å². The molecule has 1 saturated heterocycles. The van der Waals surface area contributed by atoms with E-state index >= 15 is 0 Å². The molecule has 0 aromatic heterocycles. The number of nitrogens with one attached hydrogen (secondary N) is 1. The highest BCUT2D eigenvalue weighted by Crippen LogP contribution is 2.22. The maximum atomic E-state index is 11.9. The number of benzene rings is 1. The van der Waals surface area contributed by atoms with E-state index in [1.165, 1.54) is 5.56 Å². The van der Waals surface area contributed by atoms with Crippen LogP contribution in [0.1, 0.15) is 24.2 Å². The van der Waals surface area contributed by atoms with Crippen LogP contribution in [0, 0.1) is 6.92 Å². The number of carbonyl (C=O) groups is 1. The highest BCUT2D eigenvalue weighted by atomic mass is 32.2. The fourth-order valence-corrected chi connectivity index (χ4v) is 2.97. The summed E-state index contributed by atoms with van der Waals surface area (Å²) >= 11 is 0. The molecule has 0 saturated carbocycles. The van der Waals surface area contributed by atoms with Gasteiger partial charge in [0.1, 0.15) is 6.17 Å². The number of rotatable bonds is 5. The molecule has 4 nitrogen and oxygen atoms in total. The van der Waals surface area contributed by atoms with Crippen molar-refractivity contribution in [2.45, 2.75) is 20.0 Å². The van der Waals surface area contributed by atoms with Crippen LogP contribution in [0.4, 0.5) is 0 Å². The van der Waals surface area contributed by atoms with Crippen LogP contribution >= 0.6 is 0 Å². The number of amides is 1. The van der Waals surface area contributed by atoms with Crippen molar-refractivity contribution in [1.29, 1.82) is 0 Å². The Hall–Kier alpha value is -1.20. The fraction of sp³-hybridized carbons (Fsp3) is 0.500. The van der Waals surface area contributed by atoms with E-state index in [0.29, 0.717) is 24.6 Å². The van der Waals surface area contributed by atoms with Crippen LogP contribution in [-0.4, -0.2) is 39.6 Å². The van der Waals surface area contributed by atoms with Crippen molar-refractivity contribution in [2.24, 2.45) is 0 Å². The first-order valence-corrected chi connectivity index (χ1v) is 8.05. The quantitative estimate of drug-likeness (QED) is 0.881. The van der Waals surface area contributed by atoms with Gasteiger partial charge in [0.05, 0.1) is 6.54 Å². The summed E-state index contributed by atoms with van der Waals surface area (Å²) in [6, 6.07) is 8.14. The van der Waals surface area contributed by atoms with Gasteiger partial charge in [-0.05, 0) is 12.5 Å². The topological polar surface area (TPSA) is 49.4 Å². The Morgan fingerprint density at radius 1 is 1.47 bits per heavy atom. The Balaban J connectivity index is 2.11. The normalized spacial score (nSPS) is 20.8. The molecule has 1 heterocycles. The van der Waals surface area contributed by atoms with Gasteiger partial charge in [-0.3, -0.25) is 14.3 Å². The average Bonchev–Trinajstić information content (AvgIpc) is 2.77. The van der Waals surface area contributed by atoms with Gasteiger partial charge in [-0.2, -0.15) is 0 Å². The Morgan fingerprint density at radius 3 is 2.95 bits per heavy atom. The molecule has 0 bridgehead atoms. The van der Waals surface area contributed by atoms with Gasteiger partial charge in [-0.15, -0.1) is 0 Å². The summed E-state index contributed by atoms with van der Waals surface area (Å²) in [6.45, 7) is 4.84. The summed E-state index contributed by atoms with van der Waals surface area (Å²) in [7, 11) is -0.835. The zero-order chi connectivity index (χ0) is 13.8. The molecule has 1 aliphatic rings. The highest BCUT2D eigenvalue weighted by molar-refractivity contribution is 7.84. The highest BCUT2D eigenvalue weighted by Gasteiger charge is 2.31. The Bertz CT molecular complexity index is 490. The molecule has 1 aromatic rings. The van der Waals surface area contributed by atoms with Gasteiger partial charge >= 0.3 is 0 Å². The second-order valence-corrected chi connectivity index (χ2v) is 6.58. The largest absolute Gasteiger partial charge is 0.321 e. The molecule has 2 rings (SSSR count). The van der Waals surface area contributed by atoms with E-state index in [4.69, 9.17) is 0 Å². The van der Waals surface area contributed by atoms with Crippen LogP contribution in [-0.2, 0) is 15.6 Å². The lowest BCUT2D eigenvalue weighted by molar-refractivity contribution is -0.127. The molecule has 1 aromatic carbocycles. The zero-order valence-corrected chi connectivity index (χ0v) is 12.2. The summed E-state index contributed by atoms with van der Waals surface area (Å²) in [5.74, 6) is 1.27. The predicted octanol–water partition coefficient (Wildman–Crippen LogP) is 1.19. The van der Waals surface area contributed by atoms with Crippen molar-refractivity contribution >= 4 is 16.7 Å².